The molecule has 0 bridgehead atoms. The number of piperazine rings is 1. The van der Waals surface area contributed by atoms with Crippen LogP contribution in [-0.4, -0.2) is 34.3 Å². The largest absolute Gasteiger partial charge is 0.342 e. The van der Waals surface area contributed by atoms with Crippen molar-refractivity contribution in [1.29, 1.82) is 0 Å². The second kappa shape index (κ2) is 5.05. The van der Waals surface area contributed by atoms with Gasteiger partial charge in [-0.05, 0) is 44.9 Å². The highest BCUT2D eigenvalue weighted by Gasteiger charge is 2.57. The summed E-state index contributed by atoms with van der Waals surface area (Å²) in [6, 6.07) is -0.0640. The van der Waals surface area contributed by atoms with E-state index in [1.165, 1.54) is 0 Å². The minimum Gasteiger partial charge on any atom is -0.342 e. The molecule has 20 heavy (non-hydrogen) atoms. The van der Waals surface area contributed by atoms with Gasteiger partial charge in [-0.25, -0.2) is 0 Å². The lowest BCUT2D eigenvalue weighted by atomic mass is 9.86. The second-order valence-corrected chi connectivity index (χ2v) is 6.87. The molecule has 112 valence electrons. The summed E-state index contributed by atoms with van der Waals surface area (Å²) in [5.74, 6) is 0.700. The van der Waals surface area contributed by atoms with Gasteiger partial charge in [0.05, 0.1) is 0 Å². The smallest absolute Gasteiger partial charge is 0.246 e. The summed E-state index contributed by atoms with van der Waals surface area (Å²) < 4.78 is 0. The minimum absolute atomic E-state index is 0.120. The van der Waals surface area contributed by atoms with Gasteiger partial charge in [-0.3, -0.25) is 9.59 Å². The Kier molecular flexibility index (Phi) is 3.51. The molecule has 0 radical (unpaired) electrons. The van der Waals surface area contributed by atoms with Crippen molar-refractivity contribution in [3.05, 3.63) is 0 Å². The molecule has 1 N–H and O–H groups in total. The summed E-state index contributed by atoms with van der Waals surface area (Å²) in [4.78, 5) is 27.7. The van der Waals surface area contributed by atoms with Crippen LogP contribution in [0.25, 0.3) is 0 Å². The molecule has 4 heteroatoms. The van der Waals surface area contributed by atoms with Crippen molar-refractivity contribution in [3.8, 4) is 0 Å². The third-order valence-electron chi connectivity index (χ3n) is 5.35. The van der Waals surface area contributed by atoms with Gasteiger partial charge in [0.25, 0.3) is 0 Å². The number of nitrogens with one attached hydrogen (secondary N) is 1. The molecule has 2 saturated carbocycles. The van der Waals surface area contributed by atoms with Crippen LogP contribution in [0.5, 0.6) is 0 Å². The normalized spacial score (nSPS) is 30.7. The average Bonchev–Trinajstić information content (AvgIpc) is 3.14. The number of carbonyl (C=O) groups excluding carboxylic acids is 2. The van der Waals surface area contributed by atoms with E-state index in [4.69, 9.17) is 0 Å². The highest BCUT2D eigenvalue weighted by atomic mass is 16.2. The Labute approximate surface area is 121 Å². The van der Waals surface area contributed by atoms with Crippen molar-refractivity contribution < 1.29 is 9.59 Å². The van der Waals surface area contributed by atoms with E-state index in [2.05, 4.69) is 19.2 Å². The molecule has 0 aromatic heterocycles. The molecule has 3 fully saturated rings. The molecule has 4 nitrogen and oxygen atoms in total. The second-order valence-electron chi connectivity index (χ2n) is 6.87. The van der Waals surface area contributed by atoms with Crippen molar-refractivity contribution in [2.24, 2.45) is 5.92 Å². The van der Waals surface area contributed by atoms with Gasteiger partial charge in [0.2, 0.25) is 11.8 Å². The van der Waals surface area contributed by atoms with Gasteiger partial charge in [0.15, 0.2) is 0 Å². The maximum absolute atomic E-state index is 12.9. The van der Waals surface area contributed by atoms with Crippen LogP contribution in [0.4, 0.5) is 0 Å². The van der Waals surface area contributed by atoms with E-state index in [1.54, 1.807) is 0 Å². The fourth-order valence-corrected chi connectivity index (χ4v) is 4.17. The van der Waals surface area contributed by atoms with Crippen LogP contribution in [0.3, 0.4) is 0 Å². The first-order chi connectivity index (χ1) is 9.60. The molecular weight excluding hydrogens is 252 g/mol. The lowest BCUT2D eigenvalue weighted by Crippen LogP contribution is -2.72. The van der Waals surface area contributed by atoms with Gasteiger partial charge in [0.1, 0.15) is 11.6 Å². The number of amides is 2. The first-order valence-electron chi connectivity index (χ1n) is 8.24. The predicted molar refractivity (Wildman–Crippen MR) is 77.1 cm³/mol. The summed E-state index contributed by atoms with van der Waals surface area (Å²) in [5.41, 5.74) is -0.531. The van der Waals surface area contributed by atoms with Gasteiger partial charge < -0.3 is 10.2 Å². The van der Waals surface area contributed by atoms with Crippen LogP contribution in [-0.2, 0) is 9.59 Å². The number of hydrogen-bond acceptors (Lipinski definition) is 2. The highest BCUT2D eigenvalue weighted by Crippen LogP contribution is 2.43. The van der Waals surface area contributed by atoms with Crippen LogP contribution < -0.4 is 5.32 Å². The zero-order valence-corrected chi connectivity index (χ0v) is 12.7. The molecule has 2 atom stereocenters. The molecule has 2 amide bonds. The number of nitrogens with zero attached hydrogens (tertiary/aromatic N) is 1. The van der Waals surface area contributed by atoms with Gasteiger partial charge in [0, 0.05) is 6.04 Å². The molecule has 3 rings (SSSR count). The molecule has 1 heterocycles. The fourth-order valence-electron chi connectivity index (χ4n) is 4.17. The van der Waals surface area contributed by atoms with Gasteiger partial charge >= 0.3 is 0 Å². The van der Waals surface area contributed by atoms with E-state index in [0.29, 0.717) is 5.92 Å². The molecule has 0 aromatic rings. The Morgan fingerprint density at radius 2 is 1.95 bits per heavy atom. The molecular formula is C16H26N2O2. The van der Waals surface area contributed by atoms with E-state index in [9.17, 15) is 9.59 Å². The Morgan fingerprint density at radius 1 is 1.30 bits per heavy atom. The fraction of sp³-hybridized carbons (Fsp3) is 0.875. The monoisotopic (exact) mass is 278 g/mol. The van der Waals surface area contributed by atoms with Crippen LogP contribution in [0.1, 0.15) is 65.2 Å². The molecule has 1 aliphatic heterocycles. The Hall–Kier alpha value is -1.06. The van der Waals surface area contributed by atoms with Gasteiger partial charge in [-0.2, -0.15) is 0 Å². The Morgan fingerprint density at radius 3 is 2.50 bits per heavy atom. The lowest BCUT2D eigenvalue weighted by Gasteiger charge is -2.49. The molecule has 2 aliphatic carbocycles. The number of hydrogen-bond donors (Lipinski definition) is 1. The maximum atomic E-state index is 12.9. The van der Waals surface area contributed by atoms with Crippen LogP contribution >= 0.6 is 0 Å². The summed E-state index contributed by atoms with van der Waals surface area (Å²) >= 11 is 0. The van der Waals surface area contributed by atoms with E-state index in [-0.39, 0.29) is 23.9 Å². The van der Waals surface area contributed by atoms with Crippen molar-refractivity contribution in [1.82, 2.24) is 10.2 Å². The van der Waals surface area contributed by atoms with Crippen LogP contribution in [0.2, 0.25) is 0 Å². The van der Waals surface area contributed by atoms with E-state index < -0.39 is 5.54 Å². The SMILES string of the molecule is CCCC(C)N1C(=O)C(C2CC2)NC(=O)C12CCCC2. The van der Waals surface area contributed by atoms with Crippen LogP contribution in [0.15, 0.2) is 0 Å². The van der Waals surface area contributed by atoms with Crippen molar-refractivity contribution in [2.45, 2.75) is 82.8 Å². The summed E-state index contributed by atoms with van der Waals surface area (Å²) in [5, 5.41) is 3.06. The van der Waals surface area contributed by atoms with Crippen molar-refractivity contribution in [2.75, 3.05) is 0 Å². The molecule has 2 unspecified atom stereocenters. The molecule has 0 aromatic carbocycles. The van der Waals surface area contributed by atoms with Gasteiger partial charge in [-0.15, -0.1) is 0 Å². The molecule has 1 spiro atoms. The first-order valence-corrected chi connectivity index (χ1v) is 8.24. The number of carbonyl (C=O) groups is 2. The standard InChI is InChI=1S/C16H26N2O2/c1-3-6-11(2)18-14(19)13(12-7-8-12)17-15(20)16(18)9-4-5-10-16/h11-13H,3-10H2,1-2H3,(H,17,20). The first kappa shape index (κ1) is 13.9. The summed E-state index contributed by atoms with van der Waals surface area (Å²) in [7, 11) is 0. The Bertz CT molecular complexity index is 411. The zero-order chi connectivity index (χ0) is 14.3. The van der Waals surface area contributed by atoms with E-state index >= 15 is 0 Å². The quantitative estimate of drug-likeness (QED) is 0.857. The topological polar surface area (TPSA) is 49.4 Å². The maximum Gasteiger partial charge on any atom is 0.246 e. The summed E-state index contributed by atoms with van der Waals surface area (Å²) in [6.07, 6.45) is 8.01. The zero-order valence-electron chi connectivity index (χ0n) is 12.7. The van der Waals surface area contributed by atoms with Crippen molar-refractivity contribution >= 4 is 11.8 Å². The van der Waals surface area contributed by atoms with Gasteiger partial charge in [-0.1, -0.05) is 26.2 Å². The highest BCUT2D eigenvalue weighted by molar-refractivity contribution is 6.00. The average molecular weight is 278 g/mol. The third kappa shape index (κ3) is 2.04. The lowest BCUT2D eigenvalue weighted by molar-refractivity contribution is -0.161. The summed E-state index contributed by atoms with van der Waals surface area (Å²) in [6.45, 7) is 4.26. The molecule has 3 aliphatic rings. The van der Waals surface area contributed by atoms with Crippen molar-refractivity contribution in [3.63, 3.8) is 0 Å². The third-order valence-corrected chi connectivity index (χ3v) is 5.35. The van der Waals surface area contributed by atoms with E-state index in [1.807, 2.05) is 4.90 Å². The Balaban J connectivity index is 1.91. The number of rotatable bonds is 4. The van der Waals surface area contributed by atoms with Crippen LogP contribution in [0, 0.1) is 5.92 Å². The predicted octanol–water partition coefficient (Wildman–Crippen LogP) is 2.22. The molecule has 1 saturated heterocycles. The van der Waals surface area contributed by atoms with E-state index in [0.717, 1.165) is 51.4 Å². The minimum atomic E-state index is -0.531.